The van der Waals surface area contributed by atoms with Gasteiger partial charge in [0.15, 0.2) is 0 Å². The number of hydrogen-bond acceptors (Lipinski definition) is 4. The Bertz CT molecular complexity index is 136. The Labute approximate surface area is 48.1 Å². The standard InChI is InChI=1S/C2H6N5P/c3-8-6-7-2-1-4-5-7/h1-2,6,8H,3H2. The molecule has 1 rings (SSSR count). The molecule has 0 fully saturated rings. The maximum atomic E-state index is 5.15. The zero-order chi connectivity index (χ0) is 5.82. The molecule has 1 aromatic rings. The van der Waals surface area contributed by atoms with Crippen LogP contribution in [0.4, 0.5) is 0 Å². The van der Waals surface area contributed by atoms with Gasteiger partial charge in [0.2, 0.25) is 0 Å². The molecule has 1 heterocycles. The Morgan fingerprint density at radius 2 is 2.62 bits per heavy atom. The van der Waals surface area contributed by atoms with Crippen molar-refractivity contribution >= 4 is 8.88 Å². The molecular formula is C2H6N5P. The predicted octanol–water partition coefficient (Wildman–Crippen LogP) is -0.711. The van der Waals surface area contributed by atoms with Crippen molar-refractivity contribution in [2.24, 2.45) is 5.50 Å². The summed E-state index contributed by atoms with van der Waals surface area (Å²) in [4.78, 5) is 1.46. The van der Waals surface area contributed by atoms with Gasteiger partial charge in [0, 0.05) is 0 Å². The van der Waals surface area contributed by atoms with Crippen LogP contribution in [0.25, 0.3) is 0 Å². The molecule has 0 saturated heterocycles. The zero-order valence-corrected chi connectivity index (χ0v) is 5.07. The predicted molar refractivity (Wildman–Crippen MR) is 31.9 cm³/mol. The summed E-state index contributed by atoms with van der Waals surface area (Å²) in [5, 5.41) is 9.86. The molecule has 0 radical (unpaired) electrons. The van der Waals surface area contributed by atoms with Crippen molar-refractivity contribution < 1.29 is 0 Å². The van der Waals surface area contributed by atoms with E-state index in [4.69, 9.17) is 5.50 Å². The minimum absolute atomic E-state index is 0.163. The van der Waals surface area contributed by atoms with E-state index in [9.17, 15) is 0 Å². The molecule has 0 amide bonds. The van der Waals surface area contributed by atoms with Crippen LogP contribution in [-0.2, 0) is 0 Å². The first-order valence-corrected chi connectivity index (χ1v) is 3.09. The molecule has 0 bridgehead atoms. The monoisotopic (exact) mass is 131 g/mol. The second-order valence-electron chi connectivity index (χ2n) is 1.10. The summed E-state index contributed by atoms with van der Waals surface area (Å²) in [6.45, 7) is 0. The average Bonchev–Trinajstić information content (AvgIpc) is 2.19. The zero-order valence-electron chi connectivity index (χ0n) is 4.07. The lowest BCUT2D eigenvalue weighted by Crippen LogP contribution is -2.07. The fraction of sp³-hybridized carbons (Fsp3) is 0. The van der Waals surface area contributed by atoms with Gasteiger partial charge >= 0.3 is 0 Å². The minimum Gasteiger partial charge on any atom is -0.294 e. The van der Waals surface area contributed by atoms with E-state index in [2.05, 4.69) is 15.5 Å². The lowest BCUT2D eigenvalue weighted by Gasteiger charge is -1.96. The molecule has 0 spiro atoms. The third kappa shape index (κ3) is 1.15. The Morgan fingerprint density at radius 3 is 3.12 bits per heavy atom. The molecule has 3 N–H and O–H groups in total. The molecule has 0 aliphatic carbocycles. The first kappa shape index (κ1) is 5.47. The maximum absolute atomic E-state index is 5.15. The summed E-state index contributed by atoms with van der Waals surface area (Å²) >= 11 is 0. The van der Waals surface area contributed by atoms with Crippen LogP contribution in [0.1, 0.15) is 0 Å². The van der Waals surface area contributed by atoms with Gasteiger partial charge in [-0.3, -0.25) is 10.7 Å². The van der Waals surface area contributed by atoms with E-state index >= 15 is 0 Å². The van der Waals surface area contributed by atoms with Crippen LogP contribution in [0.5, 0.6) is 0 Å². The van der Waals surface area contributed by atoms with Gasteiger partial charge in [-0.25, -0.2) is 0 Å². The fourth-order valence-electron chi connectivity index (χ4n) is 0.334. The van der Waals surface area contributed by atoms with E-state index < -0.39 is 0 Å². The molecule has 1 atom stereocenters. The quantitative estimate of drug-likeness (QED) is 0.520. The van der Waals surface area contributed by atoms with Crippen molar-refractivity contribution in [1.82, 2.24) is 15.1 Å². The lowest BCUT2D eigenvalue weighted by atomic mass is 11.0. The SMILES string of the molecule is NPNn1ccnn1. The summed E-state index contributed by atoms with van der Waals surface area (Å²) < 4.78 is 0. The van der Waals surface area contributed by atoms with Gasteiger partial charge in [0.1, 0.15) is 0 Å². The van der Waals surface area contributed by atoms with Gasteiger partial charge in [-0.2, -0.15) is 4.79 Å². The van der Waals surface area contributed by atoms with Crippen LogP contribution in [0.2, 0.25) is 0 Å². The van der Waals surface area contributed by atoms with Gasteiger partial charge < -0.3 is 0 Å². The van der Waals surface area contributed by atoms with Gasteiger partial charge in [0.25, 0.3) is 0 Å². The molecule has 8 heavy (non-hydrogen) atoms. The van der Waals surface area contributed by atoms with Crippen molar-refractivity contribution in [3.63, 3.8) is 0 Å². The Morgan fingerprint density at radius 1 is 1.75 bits per heavy atom. The van der Waals surface area contributed by atoms with Gasteiger partial charge in [-0.05, 0) is 5.21 Å². The van der Waals surface area contributed by atoms with Gasteiger partial charge in [0.05, 0.1) is 21.3 Å². The van der Waals surface area contributed by atoms with Crippen molar-refractivity contribution in [2.75, 3.05) is 5.20 Å². The summed E-state index contributed by atoms with van der Waals surface area (Å²) in [7, 11) is 0.163. The molecule has 5 nitrogen and oxygen atoms in total. The number of aromatic nitrogens is 3. The lowest BCUT2D eigenvalue weighted by molar-refractivity contribution is 0.764. The highest BCUT2D eigenvalue weighted by Crippen LogP contribution is 1.87. The maximum Gasteiger partial charge on any atom is 0.0715 e. The highest BCUT2D eigenvalue weighted by atomic mass is 31.1. The Kier molecular flexibility index (Phi) is 1.77. The van der Waals surface area contributed by atoms with Gasteiger partial charge in [-0.1, -0.05) is 0 Å². The number of nitrogens with two attached hydrogens (primary N) is 1. The van der Waals surface area contributed by atoms with Crippen molar-refractivity contribution in [2.45, 2.75) is 0 Å². The fourth-order valence-corrected chi connectivity index (χ4v) is 0.586. The van der Waals surface area contributed by atoms with Crippen LogP contribution in [0.3, 0.4) is 0 Å². The highest BCUT2D eigenvalue weighted by molar-refractivity contribution is 7.36. The molecule has 6 heteroatoms. The average molecular weight is 131 g/mol. The number of nitrogens with zero attached hydrogens (tertiary/aromatic N) is 3. The topological polar surface area (TPSA) is 68.8 Å². The molecule has 1 unspecified atom stereocenters. The number of nitrogens with one attached hydrogen (secondary N) is 1. The minimum atomic E-state index is 0.163. The summed E-state index contributed by atoms with van der Waals surface area (Å²) in [5.74, 6) is 0. The second-order valence-corrected chi connectivity index (χ2v) is 1.62. The van der Waals surface area contributed by atoms with Crippen LogP contribution in [0, 0.1) is 0 Å². The van der Waals surface area contributed by atoms with E-state index in [0.717, 1.165) is 0 Å². The summed E-state index contributed by atoms with van der Waals surface area (Å²) in [5.41, 5.74) is 5.15. The normalized spacial score (nSPS) is 10.6. The van der Waals surface area contributed by atoms with E-state index in [1.807, 2.05) is 0 Å². The van der Waals surface area contributed by atoms with E-state index in [-0.39, 0.29) is 8.88 Å². The number of hydrogen-bond donors (Lipinski definition) is 2. The number of rotatable bonds is 2. The smallest absolute Gasteiger partial charge is 0.0715 e. The van der Waals surface area contributed by atoms with Crippen molar-refractivity contribution in [1.29, 1.82) is 0 Å². The van der Waals surface area contributed by atoms with Gasteiger partial charge in [-0.15, -0.1) is 5.10 Å². The van der Waals surface area contributed by atoms with Crippen LogP contribution in [-0.4, -0.2) is 15.1 Å². The summed E-state index contributed by atoms with van der Waals surface area (Å²) in [6.07, 6.45) is 3.26. The van der Waals surface area contributed by atoms with Crippen molar-refractivity contribution in [3.05, 3.63) is 12.4 Å². The molecule has 0 aliphatic heterocycles. The first-order valence-electron chi connectivity index (χ1n) is 2.01. The van der Waals surface area contributed by atoms with E-state index in [1.54, 1.807) is 12.4 Å². The van der Waals surface area contributed by atoms with Crippen LogP contribution < -0.4 is 10.7 Å². The second kappa shape index (κ2) is 2.59. The van der Waals surface area contributed by atoms with E-state index in [0.29, 0.717) is 0 Å². The molecular weight excluding hydrogens is 125 g/mol. The summed E-state index contributed by atoms with van der Waals surface area (Å²) in [6, 6.07) is 0. The largest absolute Gasteiger partial charge is 0.294 e. The highest BCUT2D eigenvalue weighted by Gasteiger charge is 1.80. The molecule has 44 valence electrons. The molecule has 0 aliphatic rings. The van der Waals surface area contributed by atoms with Crippen molar-refractivity contribution in [3.8, 4) is 0 Å². The van der Waals surface area contributed by atoms with Crippen LogP contribution in [0.15, 0.2) is 12.4 Å². The Balaban J connectivity index is 2.50. The van der Waals surface area contributed by atoms with Crippen LogP contribution >= 0.6 is 8.88 Å². The molecule has 0 saturated carbocycles. The molecule has 0 aromatic carbocycles. The van der Waals surface area contributed by atoms with E-state index in [1.165, 1.54) is 4.79 Å². The first-order chi connectivity index (χ1) is 3.93. The third-order valence-corrected chi connectivity index (χ3v) is 0.960. The third-order valence-electron chi connectivity index (χ3n) is 0.602. The Hall–Kier alpha value is -0.670. The molecule has 1 aromatic heterocycles.